The lowest BCUT2D eigenvalue weighted by molar-refractivity contribution is -0.116. The lowest BCUT2D eigenvalue weighted by atomic mass is 9.95. The molecule has 0 amide bonds. The molecular formula is C24H36N2O2S2. The molecular weight excluding hydrogens is 412 g/mol. The Balaban J connectivity index is 1.12. The van der Waals surface area contributed by atoms with Crippen molar-refractivity contribution in [2.45, 2.75) is 54.4 Å². The predicted octanol–water partition coefficient (Wildman–Crippen LogP) is 4.59. The van der Waals surface area contributed by atoms with Crippen LogP contribution < -0.4 is 10.6 Å². The molecule has 0 aromatic carbocycles. The third-order valence-electron chi connectivity index (χ3n) is 8.18. The van der Waals surface area contributed by atoms with Crippen LogP contribution >= 0.6 is 21.6 Å². The molecule has 4 saturated carbocycles. The van der Waals surface area contributed by atoms with E-state index < -0.39 is 0 Å². The first kappa shape index (κ1) is 22.3. The molecule has 4 nitrogen and oxygen atoms in total. The van der Waals surface area contributed by atoms with Crippen molar-refractivity contribution < 1.29 is 9.59 Å². The van der Waals surface area contributed by atoms with E-state index in [1.165, 1.54) is 0 Å². The zero-order valence-corrected chi connectivity index (χ0v) is 20.8. The number of rotatable bonds is 9. The maximum Gasteiger partial charge on any atom is 0.161 e. The van der Waals surface area contributed by atoms with Crippen LogP contribution in [0.2, 0.25) is 0 Å². The SMILES string of the molecule is C/C(NCCSSCCN/C(C)=C1\C(=O)C[C@@H]2[C@H]1C2(C)C)=C1/C(=O)C[C@@H]2[C@H]1C2(C)C. The van der Waals surface area contributed by atoms with E-state index in [-0.39, 0.29) is 0 Å². The van der Waals surface area contributed by atoms with Gasteiger partial charge >= 0.3 is 0 Å². The molecule has 0 saturated heterocycles. The predicted molar refractivity (Wildman–Crippen MR) is 127 cm³/mol. The number of nitrogens with one attached hydrogen (secondary N) is 2. The van der Waals surface area contributed by atoms with E-state index in [1.54, 1.807) is 0 Å². The first-order valence-electron chi connectivity index (χ1n) is 11.3. The highest BCUT2D eigenvalue weighted by Gasteiger charge is 2.66. The van der Waals surface area contributed by atoms with Gasteiger partial charge in [-0.3, -0.25) is 9.59 Å². The van der Waals surface area contributed by atoms with Gasteiger partial charge in [-0.1, -0.05) is 49.3 Å². The molecule has 4 rings (SSSR count). The summed E-state index contributed by atoms with van der Waals surface area (Å²) in [5.74, 6) is 4.84. The fourth-order valence-corrected chi connectivity index (χ4v) is 7.93. The van der Waals surface area contributed by atoms with Crippen molar-refractivity contribution >= 4 is 33.2 Å². The van der Waals surface area contributed by atoms with Crippen LogP contribution in [0.4, 0.5) is 0 Å². The Kier molecular flexibility index (Phi) is 5.89. The first-order chi connectivity index (χ1) is 14.1. The van der Waals surface area contributed by atoms with E-state index in [2.05, 4.69) is 52.2 Å². The Labute approximate surface area is 189 Å². The standard InChI is InChI=1S/C24H36N2O2S2/c1-13(19-17(27)11-15-21(19)23(15,3)4)25-7-9-29-30-10-8-26-14(2)20-18(28)12-16-22(20)24(16,5)6/h15-16,21-22,25-26H,7-12H2,1-6H3/b19-13+,20-14+/t15-,16-,21-,22-/m1/s1. The third kappa shape index (κ3) is 3.76. The number of carbonyl (C=O) groups excluding carboxylic acids is 2. The van der Waals surface area contributed by atoms with Gasteiger partial charge in [-0.25, -0.2) is 0 Å². The number of hydrogen-bond donors (Lipinski definition) is 2. The van der Waals surface area contributed by atoms with Crippen molar-refractivity contribution in [2.24, 2.45) is 34.5 Å². The van der Waals surface area contributed by atoms with Gasteiger partial charge in [0.1, 0.15) is 0 Å². The first-order valence-corrected chi connectivity index (χ1v) is 13.8. The van der Waals surface area contributed by atoms with Crippen LogP contribution in [0.25, 0.3) is 0 Å². The summed E-state index contributed by atoms with van der Waals surface area (Å²) in [5, 5.41) is 6.96. The van der Waals surface area contributed by atoms with Crippen LogP contribution in [0.15, 0.2) is 22.5 Å². The van der Waals surface area contributed by atoms with Crippen LogP contribution in [-0.4, -0.2) is 36.2 Å². The average molecular weight is 449 g/mol. The molecule has 30 heavy (non-hydrogen) atoms. The van der Waals surface area contributed by atoms with Gasteiger partial charge in [-0.15, -0.1) is 0 Å². The summed E-state index contributed by atoms with van der Waals surface area (Å²) in [4.78, 5) is 24.5. The summed E-state index contributed by atoms with van der Waals surface area (Å²) in [6, 6.07) is 0. The minimum Gasteiger partial charge on any atom is -0.387 e. The highest BCUT2D eigenvalue weighted by Crippen LogP contribution is 2.68. The number of carbonyl (C=O) groups is 2. The van der Waals surface area contributed by atoms with E-state index in [0.717, 1.165) is 60.0 Å². The van der Waals surface area contributed by atoms with Crippen LogP contribution in [0.3, 0.4) is 0 Å². The highest BCUT2D eigenvalue weighted by molar-refractivity contribution is 8.76. The van der Waals surface area contributed by atoms with Gasteiger partial charge in [-0.05, 0) is 48.3 Å². The zero-order valence-electron chi connectivity index (χ0n) is 19.2. The monoisotopic (exact) mass is 448 g/mol. The van der Waals surface area contributed by atoms with E-state index in [1.807, 2.05) is 21.6 Å². The van der Waals surface area contributed by atoms with E-state index >= 15 is 0 Å². The Morgan fingerprint density at radius 3 is 1.50 bits per heavy atom. The topological polar surface area (TPSA) is 58.2 Å². The second-order valence-corrected chi connectivity index (χ2v) is 13.3. The van der Waals surface area contributed by atoms with Gasteiger partial charge < -0.3 is 10.6 Å². The van der Waals surface area contributed by atoms with E-state index in [9.17, 15) is 9.59 Å². The number of Topliss-reactive ketones (excluding diaryl/α,β-unsaturated/α-hetero) is 2. The number of hydrogen-bond acceptors (Lipinski definition) is 6. The summed E-state index contributed by atoms with van der Waals surface area (Å²) >= 11 is 0. The fraction of sp³-hybridized carbons (Fsp3) is 0.750. The summed E-state index contributed by atoms with van der Waals surface area (Å²) in [5.41, 5.74) is 4.95. The molecule has 0 bridgehead atoms. The Morgan fingerprint density at radius 1 is 0.800 bits per heavy atom. The van der Waals surface area contributed by atoms with Gasteiger partial charge in [0.25, 0.3) is 0 Å². The number of ketones is 2. The van der Waals surface area contributed by atoms with E-state index in [4.69, 9.17) is 0 Å². The molecule has 0 radical (unpaired) electrons. The van der Waals surface area contributed by atoms with Crippen molar-refractivity contribution in [2.75, 3.05) is 24.6 Å². The van der Waals surface area contributed by atoms with E-state index in [0.29, 0.717) is 46.1 Å². The van der Waals surface area contributed by atoms with Gasteiger partial charge in [-0.2, -0.15) is 0 Å². The number of fused-ring (bicyclic) bond motifs is 2. The second-order valence-electron chi connectivity index (χ2n) is 10.6. The van der Waals surface area contributed by atoms with Crippen LogP contribution in [0.1, 0.15) is 54.4 Å². The van der Waals surface area contributed by atoms with Crippen LogP contribution in [-0.2, 0) is 9.59 Å². The van der Waals surface area contributed by atoms with Gasteiger partial charge in [0.05, 0.1) is 0 Å². The molecule has 0 spiro atoms. The Morgan fingerprint density at radius 2 is 1.17 bits per heavy atom. The molecule has 0 aromatic rings. The van der Waals surface area contributed by atoms with Gasteiger partial charge in [0.2, 0.25) is 0 Å². The Hall–Kier alpha value is -0.880. The lowest BCUT2D eigenvalue weighted by Crippen LogP contribution is -2.21. The Bertz CT molecular complexity index is 759. The molecule has 6 heteroatoms. The van der Waals surface area contributed by atoms with Crippen molar-refractivity contribution in [3.63, 3.8) is 0 Å². The highest BCUT2D eigenvalue weighted by atomic mass is 33.1. The minimum absolute atomic E-state index is 0.316. The maximum absolute atomic E-state index is 12.2. The number of allylic oxidation sites excluding steroid dienone is 4. The maximum atomic E-state index is 12.2. The summed E-state index contributed by atoms with van der Waals surface area (Å²) in [7, 11) is 3.73. The molecule has 166 valence electrons. The largest absolute Gasteiger partial charge is 0.387 e. The van der Waals surface area contributed by atoms with Crippen molar-refractivity contribution in [3.8, 4) is 0 Å². The van der Waals surface area contributed by atoms with Gasteiger partial charge in [0, 0.05) is 60.0 Å². The summed E-state index contributed by atoms with van der Waals surface area (Å²) < 4.78 is 0. The fourth-order valence-electron chi connectivity index (χ4n) is 6.12. The molecule has 4 atom stereocenters. The molecule has 4 fully saturated rings. The smallest absolute Gasteiger partial charge is 0.161 e. The summed E-state index contributed by atoms with van der Waals surface area (Å²) in [6.07, 6.45) is 1.48. The molecule has 0 aliphatic heterocycles. The zero-order chi connectivity index (χ0) is 21.8. The average Bonchev–Trinajstić information content (AvgIpc) is 3.16. The van der Waals surface area contributed by atoms with Crippen molar-refractivity contribution in [1.29, 1.82) is 0 Å². The van der Waals surface area contributed by atoms with Gasteiger partial charge in [0.15, 0.2) is 11.6 Å². The molecule has 0 unspecified atom stereocenters. The minimum atomic E-state index is 0.316. The molecule has 0 heterocycles. The lowest BCUT2D eigenvalue weighted by Gasteiger charge is -2.15. The van der Waals surface area contributed by atoms with Crippen molar-refractivity contribution in [3.05, 3.63) is 22.5 Å². The second kappa shape index (κ2) is 7.91. The third-order valence-corrected chi connectivity index (χ3v) is 10.6. The van der Waals surface area contributed by atoms with Crippen LogP contribution in [0, 0.1) is 34.5 Å². The van der Waals surface area contributed by atoms with Crippen LogP contribution in [0.5, 0.6) is 0 Å². The molecule has 4 aliphatic rings. The van der Waals surface area contributed by atoms with Crippen molar-refractivity contribution in [1.82, 2.24) is 10.6 Å². The normalized spacial score (nSPS) is 35.7. The quantitative estimate of drug-likeness (QED) is 0.306. The molecule has 4 aliphatic carbocycles. The molecule has 2 N–H and O–H groups in total. The molecule has 0 aromatic heterocycles. The summed E-state index contributed by atoms with van der Waals surface area (Å²) in [6.45, 7) is 15.1.